The van der Waals surface area contributed by atoms with Crippen molar-refractivity contribution in [3.8, 4) is 0 Å². The zero-order valence-electron chi connectivity index (χ0n) is 9.81. The molecule has 0 radical (unpaired) electrons. The number of nitrogens with one attached hydrogen (secondary N) is 1. The smallest absolute Gasteiger partial charge is 0.0847 e. The van der Waals surface area contributed by atoms with Gasteiger partial charge in [-0.05, 0) is 46.7 Å². The Kier molecular flexibility index (Phi) is 5.12. The van der Waals surface area contributed by atoms with Crippen LogP contribution in [0.4, 0.5) is 0 Å². The lowest BCUT2D eigenvalue weighted by Crippen LogP contribution is -2.08. The van der Waals surface area contributed by atoms with E-state index >= 15 is 0 Å². The summed E-state index contributed by atoms with van der Waals surface area (Å²) in [6.07, 6.45) is 3.36. The lowest BCUT2D eigenvalue weighted by molar-refractivity contribution is 0.592. The molecule has 1 heterocycles. The average Bonchev–Trinajstić information content (AvgIpc) is 2.51. The van der Waals surface area contributed by atoms with Gasteiger partial charge in [0.2, 0.25) is 0 Å². The molecule has 86 valence electrons. The Balaban J connectivity index is 2.58. The minimum absolute atomic E-state index is 0.848. The van der Waals surface area contributed by atoms with Crippen molar-refractivity contribution in [1.29, 1.82) is 0 Å². The third-order valence-electron chi connectivity index (χ3n) is 2.54. The van der Waals surface area contributed by atoms with Crippen molar-refractivity contribution >= 4 is 11.6 Å². The van der Waals surface area contributed by atoms with Gasteiger partial charge in [-0.25, -0.2) is 0 Å². The fraction of sp³-hybridized carbons (Fsp3) is 0.727. The summed E-state index contributed by atoms with van der Waals surface area (Å²) >= 11 is 6.21. The molecule has 0 aliphatic rings. The lowest BCUT2D eigenvalue weighted by Gasteiger charge is -2.05. The monoisotopic (exact) mass is 229 g/mol. The number of halogens is 1. The van der Waals surface area contributed by atoms with E-state index in [1.807, 2.05) is 18.7 Å². The first-order chi connectivity index (χ1) is 7.20. The molecule has 0 aliphatic carbocycles. The fourth-order valence-electron chi connectivity index (χ4n) is 1.70. The van der Waals surface area contributed by atoms with Crippen LogP contribution in [-0.4, -0.2) is 23.4 Å². The van der Waals surface area contributed by atoms with E-state index in [0.717, 1.165) is 36.6 Å². The Hall–Kier alpha value is -0.540. The molecule has 15 heavy (non-hydrogen) atoms. The van der Waals surface area contributed by atoms with Gasteiger partial charge in [0.1, 0.15) is 0 Å². The van der Waals surface area contributed by atoms with Crippen LogP contribution in [0.15, 0.2) is 0 Å². The van der Waals surface area contributed by atoms with E-state index in [4.69, 9.17) is 11.6 Å². The van der Waals surface area contributed by atoms with E-state index in [2.05, 4.69) is 17.3 Å². The van der Waals surface area contributed by atoms with E-state index in [1.54, 1.807) is 0 Å². The standard InChI is InChI=1S/C11H20ClN3/c1-4-15-10(7-5-6-8-13-3)11(12)9(2)14-15/h13H,4-8H2,1-3H3. The summed E-state index contributed by atoms with van der Waals surface area (Å²) < 4.78 is 2.01. The fourth-order valence-corrected chi connectivity index (χ4v) is 1.93. The second-order valence-electron chi connectivity index (χ2n) is 3.72. The highest BCUT2D eigenvalue weighted by molar-refractivity contribution is 6.31. The topological polar surface area (TPSA) is 29.9 Å². The van der Waals surface area contributed by atoms with Crippen molar-refractivity contribution in [1.82, 2.24) is 15.1 Å². The zero-order valence-corrected chi connectivity index (χ0v) is 10.6. The highest BCUT2D eigenvalue weighted by Gasteiger charge is 2.11. The molecule has 0 spiro atoms. The molecule has 1 aromatic heterocycles. The minimum Gasteiger partial charge on any atom is -0.320 e. The number of hydrogen-bond acceptors (Lipinski definition) is 2. The van der Waals surface area contributed by atoms with Crippen LogP contribution in [0.5, 0.6) is 0 Å². The van der Waals surface area contributed by atoms with Crippen molar-refractivity contribution in [2.24, 2.45) is 0 Å². The minimum atomic E-state index is 0.848. The van der Waals surface area contributed by atoms with Gasteiger partial charge in [-0.2, -0.15) is 5.10 Å². The van der Waals surface area contributed by atoms with Gasteiger partial charge in [0.05, 0.1) is 16.4 Å². The van der Waals surface area contributed by atoms with Crippen molar-refractivity contribution in [3.63, 3.8) is 0 Å². The number of hydrogen-bond donors (Lipinski definition) is 1. The molecule has 1 aromatic rings. The van der Waals surface area contributed by atoms with Crippen LogP contribution < -0.4 is 5.32 Å². The van der Waals surface area contributed by atoms with Gasteiger partial charge >= 0.3 is 0 Å². The van der Waals surface area contributed by atoms with Crippen LogP contribution >= 0.6 is 11.6 Å². The number of unbranched alkanes of at least 4 members (excludes halogenated alkanes) is 1. The number of aryl methyl sites for hydroxylation is 2. The van der Waals surface area contributed by atoms with Gasteiger partial charge in [-0.3, -0.25) is 4.68 Å². The molecule has 0 saturated heterocycles. The van der Waals surface area contributed by atoms with Gasteiger partial charge in [-0.15, -0.1) is 0 Å². The molecule has 1 rings (SSSR count). The zero-order chi connectivity index (χ0) is 11.3. The average molecular weight is 230 g/mol. The van der Waals surface area contributed by atoms with Gasteiger partial charge in [0.15, 0.2) is 0 Å². The molecule has 0 aromatic carbocycles. The van der Waals surface area contributed by atoms with Crippen molar-refractivity contribution in [3.05, 3.63) is 16.4 Å². The first-order valence-corrected chi connectivity index (χ1v) is 5.94. The highest BCUT2D eigenvalue weighted by atomic mass is 35.5. The number of rotatable bonds is 6. The number of nitrogens with zero attached hydrogens (tertiary/aromatic N) is 2. The van der Waals surface area contributed by atoms with Gasteiger partial charge in [-0.1, -0.05) is 11.6 Å². The molecule has 3 nitrogen and oxygen atoms in total. The van der Waals surface area contributed by atoms with Crippen molar-refractivity contribution in [2.45, 2.75) is 39.7 Å². The van der Waals surface area contributed by atoms with Crippen molar-refractivity contribution in [2.75, 3.05) is 13.6 Å². The summed E-state index contributed by atoms with van der Waals surface area (Å²) in [7, 11) is 1.98. The lowest BCUT2D eigenvalue weighted by atomic mass is 10.2. The molecule has 0 fully saturated rings. The molecule has 0 saturated carbocycles. The van der Waals surface area contributed by atoms with Crippen LogP contribution in [0.1, 0.15) is 31.2 Å². The maximum atomic E-state index is 6.21. The summed E-state index contributed by atoms with van der Waals surface area (Å²) in [5.74, 6) is 0. The molecule has 0 bridgehead atoms. The summed E-state index contributed by atoms with van der Waals surface area (Å²) in [6, 6.07) is 0. The van der Waals surface area contributed by atoms with E-state index in [1.165, 1.54) is 12.1 Å². The molecule has 1 N–H and O–H groups in total. The van der Waals surface area contributed by atoms with E-state index in [0.29, 0.717) is 0 Å². The van der Waals surface area contributed by atoms with Gasteiger partial charge in [0.25, 0.3) is 0 Å². The molecule has 4 heteroatoms. The molecule has 0 atom stereocenters. The summed E-state index contributed by atoms with van der Waals surface area (Å²) in [5, 5.41) is 8.39. The third-order valence-corrected chi connectivity index (χ3v) is 3.03. The first-order valence-electron chi connectivity index (χ1n) is 5.57. The van der Waals surface area contributed by atoms with Crippen molar-refractivity contribution < 1.29 is 0 Å². The normalized spacial score (nSPS) is 10.9. The predicted molar refractivity (Wildman–Crippen MR) is 64.5 cm³/mol. The highest BCUT2D eigenvalue weighted by Crippen LogP contribution is 2.21. The Morgan fingerprint density at radius 2 is 2.13 bits per heavy atom. The van der Waals surface area contributed by atoms with E-state index < -0.39 is 0 Å². The summed E-state index contributed by atoms with van der Waals surface area (Å²) in [4.78, 5) is 0. The Labute approximate surface area is 96.8 Å². The molecular weight excluding hydrogens is 210 g/mol. The molecular formula is C11H20ClN3. The maximum Gasteiger partial charge on any atom is 0.0847 e. The maximum absolute atomic E-state index is 6.21. The van der Waals surface area contributed by atoms with Crippen LogP contribution in [-0.2, 0) is 13.0 Å². The summed E-state index contributed by atoms with van der Waals surface area (Å²) in [6.45, 7) is 6.03. The quantitative estimate of drug-likeness (QED) is 0.760. The molecule has 0 aliphatic heterocycles. The Morgan fingerprint density at radius 1 is 1.40 bits per heavy atom. The predicted octanol–water partition coefficient (Wildman–Crippen LogP) is 2.41. The second-order valence-corrected chi connectivity index (χ2v) is 4.10. The number of aromatic nitrogens is 2. The summed E-state index contributed by atoms with van der Waals surface area (Å²) in [5.41, 5.74) is 2.13. The first kappa shape index (κ1) is 12.5. The van der Waals surface area contributed by atoms with E-state index in [9.17, 15) is 0 Å². The van der Waals surface area contributed by atoms with Gasteiger partial charge in [0, 0.05) is 6.54 Å². The SMILES string of the molecule is CCn1nc(C)c(Cl)c1CCCCNC. The van der Waals surface area contributed by atoms with E-state index in [-0.39, 0.29) is 0 Å². The van der Waals surface area contributed by atoms with Crippen LogP contribution in [0.25, 0.3) is 0 Å². The molecule has 0 amide bonds. The third kappa shape index (κ3) is 3.21. The van der Waals surface area contributed by atoms with Crippen LogP contribution in [0, 0.1) is 6.92 Å². The van der Waals surface area contributed by atoms with Crippen LogP contribution in [0.3, 0.4) is 0 Å². The Bertz CT molecular complexity index is 307. The molecule has 0 unspecified atom stereocenters. The Morgan fingerprint density at radius 3 is 2.73 bits per heavy atom. The van der Waals surface area contributed by atoms with Gasteiger partial charge < -0.3 is 5.32 Å². The van der Waals surface area contributed by atoms with Crippen LogP contribution in [0.2, 0.25) is 5.02 Å². The second kappa shape index (κ2) is 6.13. The largest absolute Gasteiger partial charge is 0.320 e.